The van der Waals surface area contributed by atoms with Crippen molar-refractivity contribution in [1.29, 1.82) is 0 Å². The molecule has 18 heavy (non-hydrogen) atoms. The zero-order valence-corrected chi connectivity index (χ0v) is 12.6. The van der Waals surface area contributed by atoms with Gasteiger partial charge in [0.05, 0.1) is 10.2 Å². The second kappa shape index (κ2) is 6.89. The lowest BCUT2D eigenvalue weighted by Gasteiger charge is -2.14. The molecule has 0 bridgehead atoms. The Morgan fingerprint density at radius 1 is 1.56 bits per heavy atom. The lowest BCUT2D eigenvalue weighted by Crippen LogP contribution is -2.38. The molecule has 6 heteroatoms. The molecule has 0 aliphatic carbocycles. The maximum atomic E-state index is 11.1. The van der Waals surface area contributed by atoms with Crippen LogP contribution >= 0.6 is 15.9 Å². The van der Waals surface area contributed by atoms with Gasteiger partial charge < -0.3 is 10.4 Å². The number of aryl methyl sites for hydroxylation is 2. The van der Waals surface area contributed by atoms with Crippen molar-refractivity contribution in [3.8, 4) is 0 Å². The molecule has 0 spiro atoms. The first kappa shape index (κ1) is 15.2. The maximum Gasteiger partial charge on any atom is 0.320 e. The van der Waals surface area contributed by atoms with Crippen LogP contribution in [0.2, 0.25) is 0 Å². The summed E-state index contributed by atoms with van der Waals surface area (Å²) >= 11 is 3.46. The Kier molecular flexibility index (Phi) is 5.81. The van der Waals surface area contributed by atoms with Gasteiger partial charge in [0.2, 0.25) is 0 Å². The van der Waals surface area contributed by atoms with E-state index in [0.29, 0.717) is 13.0 Å². The summed E-state index contributed by atoms with van der Waals surface area (Å²) in [6, 6.07) is -0.507. The highest BCUT2D eigenvalue weighted by molar-refractivity contribution is 9.10. The minimum absolute atomic E-state index is 0.507. The number of aromatic nitrogens is 2. The van der Waals surface area contributed by atoms with E-state index in [0.717, 1.165) is 28.8 Å². The first-order valence-electron chi connectivity index (χ1n) is 6.13. The van der Waals surface area contributed by atoms with Crippen LogP contribution in [0.25, 0.3) is 0 Å². The van der Waals surface area contributed by atoms with Crippen LogP contribution in [-0.2, 0) is 11.3 Å². The standard InChI is InChI=1S/C12H20BrN3O2/c1-4-6-14-10(12(17)18)5-7-16-9(3)11(13)8(2)15-16/h10,14H,4-7H2,1-3H3,(H,17,18). The molecular weight excluding hydrogens is 298 g/mol. The highest BCUT2D eigenvalue weighted by Crippen LogP contribution is 2.20. The summed E-state index contributed by atoms with van der Waals surface area (Å²) in [6.45, 7) is 7.24. The molecule has 1 heterocycles. The van der Waals surface area contributed by atoms with Gasteiger partial charge in [0.25, 0.3) is 0 Å². The van der Waals surface area contributed by atoms with Crippen LogP contribution in [0.3, 0.4) is 0 Å². The molecule has 1 aromatic heterocycles. The summed E-state index contributed by atoms with van der Waals surface area (Å²) in [5, 5.41) is 16.5. The number of aliphatic carboxylic acids is 1. The fraction of sp³-hybridized carbons (Fsp3) is 0.667. The molecule has 1 atom stereocenters. The zero-order chi connectivity index (χ0) is 13.7. The van der Waals surface area contributed by atoms with Crippen molar-refractivity contribution in [2.24, 2.45) is 0 Å². The third kappa shape index (κ3) is 3.81. The molecule has 2 N–H and O–H groups in total. The minimum Gasteiger partial charge on any atom is -0.480 e. The number of nitrogens with zero attached hydrogens (tertiary/aromatic N) is 2. The number of carboxylic acid groups (broad SMARTS) is 1. The highest BCUT2D eigenvalue weighted by Gasteiger charge is 2.17. The van der Waals surface area contributed by atoms with Crippen molar-refractivity contribution < 1.29 is 9.90 Å². The zero-order valence-electron chi connectivity index (χ0n) is 11.0. The van der Waals surface area contributed by atoms with E-state index in [4.69, 9.17) is 5.11 Å². The second-order valence-corrected chi connectivity index (χ2v) is 5.13. The first-order valence-corrected chi connectivity index (χ1v) is 6.92. The van der Waals surface area contributed by atoms with E-state index in [1.807, 2.05) is 25.5 Å². The molecule has 0 saturated carbocycles. The van der Waals surface area contributed by atoms with E-state index in [-0.39, 0.29) is 0 Å². The lowest BCUT2D eigenvalue weighted by atomic mass is 10.2. The van der Waals surface area contributed by atoms with Gasteiger partial charge in [-0.05, 0) is 49.2 Å². The van der Waals surface area contributed by atoms with E-state index in [1.54, 1.807) is 0 Å². The summed E-state index contributed by atoms with van der Waals surface area (Å²) in [5.74, 6) is -0.802. The van der Waals surface area contributed by atoms with E-state index in [2.05, 4.69) is 26.3 Å². The van der Waals surface area contributed by atoms with Gasteiger partial charge in [0, 0.05) is 12.2 Å². The van der Waals surface area contributed by atoms with Gasteiger partial charge in [-0.15, -0.1) is 0 Å². The smallest absolute Gasteiger partial charge is 0.320 e. The lowest BCUT2D eigenvalue weighted by molar-refractivity contribution is -0.139. The largest absolute Gasteiger partial charge is 0.480 e. The summed E-state index contributed by atoms with van der Waals surface area (Å²) in [4.78, 5) is 11.1. The van der Waals surface area contributed by atoms with Crippen LogP contribution in [0.5, 0.6) is 0 Å². The van der Waals surface area contributed by atoms with E-state index in [9.17, 15) is 4.79 Å². The van der Waals surface area contributed by atoms with Crippen LogP contribution in [-0.4, -0.2) is 33.4 Å². The van der Waals surface area contributed by atoms with Gasteiger partial charge in [-0.1, -0.05) is 6.92 Å². The number of halogens is 1. The van der Waals surface area contributed by atoms with Crippen LogP contribution in [0.15, 0.2) is 4.47 Å². The van der Waals surface area contributed by atoms with Crippen LogP contribution in [0.4, 0.5) is 0 Å². The third-order valence-corrected chi connectivity index (χ3v) is 4.01. The number of rotatable bonds is 7. The number of carbonyl (C=O) groups is 1. The molecule has 0 aliphatic heterocycles. The fourth-order valence-corrected chi connectivity index (χ4v) is 2.06. The molecule has 0 aliphatic rings. The molecule has 0 amide bonds. The van der Waals surface area contributed by atoms with Crippen LogP contribution < -0.4 is 5.32 Å². The maximum absolute atomic E-state index is 11.1. The van der Waals surface area contributed by atoms with Gasteiger partial charge in [-0.25, -0.2) is 0 Å². The van der Waals surface area contributed by atoms with Gasteiger partial charge in [0.1, 0.15) is 6.04 Å². The fourth-order valence-electron chi connectivity index (χ4n) is 1.78. The summed E-state index contributed by atoms with van der Waals surface area (Å²) in [7, 11) is 0. The number of hydrogen-bond donors (Lipinski definition) is 2. The Morgan fingerprint density at radius 2 is 2.22 bits per heavy atom. The molecule has 1 aromatic rings. The van der Waals surface area contributed by atoms with Crippen molar-refractivity contribution in [3.05, 3.63) is 15.9 Å². The van der Waals surface area contributed by atoms with Gasteiger partial charge in [0.15, 0.2) is 0 Å². The SMILES string of the molecule is CCCNC(CCn1nc(C)c(Br)c1C)C(=O)O. The van der Waals surface area contributed by atoms with E-state index >= 15 is 0 Å². The monoisotopic (exact) mass is 317 g/mol. The molecule has 0 saturated heterocycles. The Morgan fingerprint density at radius 3 is 2.67 bits per heavy atom. The second-order valence-electron chi connectivity index (χ2n) is 4.34. The van der Waals surface area contributed by atoms with Gasteiger partial charge >= 0.3 is 5.97 Å². The topological polar surface area (TPSA) is 67.2 Å². The van der Waals surface area contributed by atoms with Crippen LogP contribution in [0, 0.1) is 13.8 Å². The molecule has 0 aromatic carbocycles. The summed E-state index contributed by atoms with van der Waals surface area (Å²) < 4.78 is 2.85. The number of nitrogens with one attached hydrogen (secondary N) is 1. The van der Waals surface area contributed by atoms with Crippen molar-refractivity contribution in [2.75, 3.05) is 6.54 Å². The van der Waals surface area contributed by atoms with Crippen LogP contribution in [0.1, 0.15) is 31.2 Å². The quantitative estimate of drug-likeness (QED) is 0.808. The van der Waals surface area contributed by atoms with Crippen molar-refractivity contribution in [2.45, 2.75) is 46.2 Å². The molecule has 0 radical (unpaired) electrons. The van der Waals surface area contributed by atoms with Gasteiger partial charge in [-0.3, -0.25) is 9.48 Å². The number of carboxylic acids is 1. The molecular formula is C12H20BrN3O2. The Labute approximate surface area is 116 Å². The molecule has 102 valence electrons. The average Bonchev–Trinajstić information content (AvgIpc) is 2.56. The Balaban J connectivity index is 2.61. The first-order chi connectivity index (χ1) is 8.47. The van der Waals surface area contributed by atoms with Crippen molar-refractivity contribution in [3.63, 3.8) is 0 Å². The van der Waals surface area contributed by atoms with E-state index < -0.39 is 12.0 Å². The molecule has 1 unspecified atom stereocenters. The van der Waals surface area contributed by atoms with Crippen molar-refractivity contribution in [1.82, 2.24) is 15.1 Å². The summed E-state index contributed by atoms with van der Waals surface area (Å²) in [6.07, 6.45) is 1.46. The minimum atomic E-state index is -0.802. The number of hydrogen-bond acceptors (Lipinski definition) is 3. The molecule has 0 fully saturated rings. The van der Waals surface area contributed by atoms with Crippen molar-refractivity contribution >= 4 is 21.9 Å². The van der Waals surface area contributed by atoms with E-state index in [1.165, 1.54) is 0 Å². The Bertz CT molecular complexity index is 418. The molecule has 1 rings (SSSR count). The average molecular weight is 318 g/mol. The molecule has 5 nitrogen and oxygen atoms in total. The highest BCUT2D eigenvalue weighted by atomic mass is 79.9. The predicted molar refractivity (Wildman–Crippen MR) is 73.7 cm³/mol. The third-order valence-electron chi connectivity index (χ3n) is 2.86. The Hall–Kier alpha value is -0.880. The van der Waals surface area contributed by atoms with Gasteiger partial charge in [-0.2, -0.15) is 5.10 Å². The predicted octanol–water partition coefficient (Wildman–Crippen LogP) is 2.11. The summed E-state index contributed by atoms with van der Waals surface area (Å²) in [5.41, 5.74) is 1.97. The normalized spacial score (nSPS) is 12.7.